The maximum Gasteiger partial charge on any atom is 0.339 e. The van der Waals surface area contributed by atoms with E-state index in [9.17, 15) is 4.79 Å². The molecule has 0 unspecified atom stereocenters. The largest absolute Gasteiger partial charge is 0.478 e. The van der Waals surface area contributed by atoms with Crippen molar-refractivity contribution in [2.24, 2.45) is 0 Å². The van der Waals surface area contributed by atoms with Crippen LogP contribution in [0, 0.1) is 6.92 Å². The first kappa shape index (κ1) is 14.7. The number of morpholine rings is 1. The molecule has 1 aromatic heterocycles. The van der Waals surface area contributed by atoms with Gasteiger partial charge in [0.2, 0.25) is 5.95 Å². The number of ether oxygens (including phenoxy) is 1. The van der Waals surface area contributed by atoms with Gasteiger partial charge >= 0.3 is 5.97 Å². The molecule has 0 radical (unpaired) electrons. The number of nitrogens with zero attached hydrogens (tertiary/aromatic N) is 3. The monoisotopic (exact) mass is 279 g/mol. The SMILES string of the molecule is Cc1nc(N2CC(C)(C)OC(C)(C)C2)ncc1C(=O)O. The van der Waals surface area contributed by atoms with E-state index in [4.69, 9.17) is 9.84 Å². The van der Waals surface area contributed by atoms with E-state index in [1.165, 1.54) is 6.20 Å². The molecular weight excluding hydrogens is 258 g/mol. The van der Waals surface area contributed by atoms with Gasteiger partial charge in [-0.05, 0) is 34.6 Å². The number of hydrogen-bond donors (Lipinski definition) is 1. The molecule has 1 saturated heterocycles. The maximum atomic E-state index is 11.0. The molecule has 0 amide bonds. The Morgan fingerprint density at radius 2 is 1.85 bits per heavy atom. The van der Waals surface area contributed by atoms with Crippen LogP contribution in [0.4, 0.5) is 5.95 Å². The fraction of sp³-hybridized carbons (Fsp3) is 0.643. The third-order valence-electron chi connectivity index (χ3n) is 3.18. The summed E-state index contributed by atoms with van der Waals surface area (Å²) in [5.74, 6) is -0.450. The summed E-state index contributed by atoms with van der Waals surface area (Å²) >= 11 is 0. The summed E-state index contributed by atoms with van der Waals surface area (Å²) in [6.45, 7) is 11.1. The average molecular weight is 279 g/mol. The lowest BCUT2D eigenvalue weighted by Gasteiger charge is -2.47. The fourth-order valence-corrected chi connectivity index (χ4v) is 2.75. The van der Waals surface area contributed by atoms with Gasteiger partial charge in [-0.3, -0.25) is 0 Å². The standard InChI is InChI=1S/C14H21N3O3/c1-9-10(11(18)19)6-15-12(16-9)17-7-13(2,3)20-14(4,5)8-17/h6H,7-8H2,1-5H3,(H,18,19). The second-order valence-corrected chi connectivity index (χ2v) is 6.45. The molecule has 1 aliphatic rings. The Morgan fingerprint density at radius 3 is 2.30 bits per heavy atom. The second kappa shape index (κ2) is 4.70. The highest BCUT2D eigenvalue weighted by molar-refractivity contribution is 5.88. The van der Waals surface area contributed by atoms with E-state index < -0.39 is 5.97 Å². The Labute approximate surface area is 118 Å². The van der Waals surface area contributed by atoms with E-state index in [0.29, 0.717) is 24.7 Å². The molecule has 0 aromatic carbocycles. The van der Waals surface area contributed by atoms with Gasteiger partial charge in [0.15, 0.2) is 0 Å². The average Bonchev–Trinajstić information content (AvgIpc) is 2.23. The van der Waals surface area contributed by atoms with Crippen molar-refractivity contribution < 1.29 is 14.6 Å². The van der Waals surface area contributed by atoms with Crippen molar-refractivity contribution in [3.8, 4) is 0 Å². The van der Waals surface area contributed by atoms with Crippen LogP contribution in [-0.2, 0) is 4.74 Å². The number of aromatic carboxylic acids is 1. The molecule has 0 atom stereocenters. The lowest BCUT2D eigenvalue weighted by atomic mass is 9.99. The van der Waals surface area contributed by atoms with Gasteiger partial charge in [0.25, 0.3) is 0 Å². The summed E-state index contributed by atoms with van der Waals surface area (Å²) in [6.07, 6.45) is 1.37. The molecule has 6 nitrogen and oxygen atoms in total. The van der Waals surface area contributed by atoms with E-state index in [2.05, 4.69) is 9.97 Å². The minimum atomic E-state index is -1.00. The summed E-state index contributed by atoms with van der Waals surface area (Å²) in [7, 11) is 0. The number of carbonyl (C=O) groups is 1. The van der Waals surface area contributed by atoms with Crippen LogP contribution in [0.3, 0.4) is 0 Å². The predicted octanol–water partition coefficient (Wildman–Crippen LogP) is 1.88. The van der Waals surface area contributed by atoms with Gasteiger partial charge in [-0.1, -0.05) is 0 Å². The first-order valence-corrected chi connectivity index (χ1v) is 6.62. The first-order valence-electron chi connectivity index (χ1n) is 6.62. The van der Waals surface area contributed by atoms with Crippen molar-refractivity contribution in [2.75, 3.05) is 18.0 Å². The minimum Gasteiger partial charge on any atom is -0.478 e. The van der Waals surface area contributed by atoms with E-state index in [1.807, 2.05) is 32.6 Å². The van der Waals surface area contributed by atoms with Gasteiger partial charge < -0.3 is 14.7 Å². The van der Waals surface area contributed by atoms with Gasteiger partial charge in [0, 0.05) is 19.3 Å². The number of hydrogen-bond acceptors (Lipinski definition) is 5. The molecule has 20 heavy (non-hydrogen) atoms. The quantitative estimate of drug-likeness (QED) is 0.890. The van der Waals surface area contributed by atoms with Crippen molar-refractivity contribution in [1.82, 2.24) is 9.97 Å². The third-order valence-corrected chi connectivity index (χ3v) is 3.18. The number of carboxylic acid groups (broad SMARTS) is 1. The predicted molar refractivity (Wildman–Crippen MR) is 75.2 cm³/mol. The number of anilines is 1. The van der Waals surface area contributed by atoms with Crippen LogP contribution in [0.2, 0.25) is 0 Å². The van der Waals surface area contributed by atoms with Crippen LogP contribution in [0.1, 0.15) is 43.7 Å². The third kappa shape index (κ3) is 3.07. The van der Waals surface area contributed by atoms with Gasteiger partial charge in [0.05, 0.1) is 22.5 Å². The van der Waals surface area contributed by atoms with Crippen molar-refractivity contribution in [3.63, 3.8) is 0 Å². The van der Waals surface area contributed by atoms with Gasteiger partial charge in [-0.25, -0.2) is 14.8 Å². The number of carboxylic acids is 1. The summed E-state index contributed by atoms with van der Waals surface area (Å²) in [5, 5.41) is 9.02. The molecule has 1 aliphatic heterocycles. The molecule has 0 saturated carbocycles. The van der Waals surface area contributed by atoms with E-state index in [0.717, 1.165) is 0 Å². The molecule has 1 aromatic rings. The second-order valence-electron chi connectivity index (χ2n) is 6.45. The zero-order chi connectivity index (χ0) is 15.1. The molecule has 0 aliphatic carbocycles. The summed E-state index contributed by atoms with van der Waals surface area (Å²) in [6, 6.07) is 0. The zero-order valence-electron chi connectivity index (χ0n) is 12.6. The Hall–Kier alpha value is -1.69. The summed E-state index contributed by atoms with van der Waals surface area (Å²) < 4.78 is 6.01. The lowest BCUT2D eigenvalue weighted by Crippen LogP contribution is -2.57. The molecule has 1 N–H and O–H groups in total. The fourth-order valence-electron chi connectivity index (χ4n) is 2.75. The Balaban J connectivity index is 2.32. The van der Waals surface area contributed by atoms with Crippen molar-refractivity contribution in [3.05, 3.63) is 17.5 Å². The van der Waals surface area contributed by atoms with Crippen LogP contribution in [0.25, 0.3) is 0 Å². The molecule has 2 rings (SSSR count). The maximum absolute atomic E-state index is 11.0. The Bertz CT molecular complexity index is 524. The Kier molecular flexibility index (Phi) is 3.46. The van der Waals surface area contributed by atoms with Gasteiger partial charge in [-0.15, -0.1) is 0 Å². The topological polar surface area (TPSA) is 75.5 Å². The molecule has 6 heteroatoms. The molecule has 0 bridgehead atoms. The Morgan fingerprint density at radius 1 is 1.30 bits per heavy atom. The van der Waals surface area contributed by atoms with E-state index in [1.54, 1.807) is 6.92 Å². The van der Waals surface area contributed by atoms with Gasteiger partial charge in [0.1, 0.15) is 0 Å². The van der Waals surface area contributed by atoms with Crippen molar-refractivity contribution in [1.29, 1.82) is 0 Å². The first-order chi connectivity index (χ1) is 9.10. The highest BCUT2D eigenvalue weighted by atomic mass is 16.5. The highest BCUT2D eigenvalue weighted by Gasteiger charge is 2.39. The van der Waals surface area contributed by atoms with E-state index >= 15 is 0 Å². The highest BCUT2D eigenvalue weighted by Crippen LogP contribution is 2.30. The molecule has 2 heterocycles. The van der Waals surface area contributed by atoms with Crippen LogP contribution >= 0.6 is 0 Å². The van der Waals surface area contributed by atoms with Crippen LogP contribution in [0.15, 0.2) is 6.20 Å². The number of aryl methyl sites for hydroxylation is 1. The minimum absolute atomic E-state index is 0.139. The molecule has 110 valence electrons. The van der Waals surface area contributed by atoms with Crippen LogP contribution in [0.5, 0.6) is 0 Å². The summed E-state index contributed by atoms with van der Waals surface area (Å²) in [4.78, 5) is 21.6. The summed E-state index contributed by atoms with van der Waals surface area (Å²) in [5.41, 5.74) is 0.0137. The molecule has 1 fully saturated rings. The van der Waals surface area contributed by atoms with Crippen molar-refractivity contribution >= 4 is 11.9 Å². The lowest BCUT2D eigenvalue weighted by molar-refractivity contribution is -0.133. The smallest absolute Gasteiger partial charge is 0.339 e. The molecule has 0 spiro atoms. The zero-order valence-corrected chi connectivity index (χ0v) is 12.6. The van der Waals surface area contributed by atoms with Crippen LogP contribution < -0.4 is 4.90 Å². The molecular formula is C14H21N3O3. The van der Waals surface area contributed by atoms with Crippen molar-refractivity contribution in [2.45, 2.75) is 45.8 Å². The normalized spacial score (nSPS) is 20.8. The number of aromatic nitrogens is 2. The number of rotatable bonds is 2. The van der Waals surface area contributed by atoms with Gasteiger partial charge in [-0.2, -0.15) is 0 Å². The van der Waals surface area contributed by atoms with E-state index in [-0.39, 0.29) is 16.8 Å². The van der Waals surface area contributed by atoms with Crippen LogP contribution in [-0.4, -0.2) is 45.3 Å².